The third-order valence-electron chi connectivity index (χ3n) is 2.84. The summed E-state index contributed by atoms with van der Waals surface area (Å²) < 4.78 is 10.8. The maximum Gasteiger partial charge on any atom is 0.147 e. The number of azide groups is 1. The van der Waals surface area contributed by atoms with Crippen LogP contribution in [0.1, 0.15) is 5.56 Å². The van der Waals surface area contributed by atoms with Crippen molar-refractivity contribution in [3.8, 4) is 0 Å². The van der Waals surface area contributed by atoms with Gasteiger partial charge in [0, 0.05) is 4.91 Å². The predicted molar refractivity (Wildman–Crippen MR) is 69.1 cm³/mol. The van der Waals surface area contributed by atoms with Gasteiger partial charge in [-0.1, -0.05) is 35.4 Å². The zero-order chi connectivity index (χ0) is 13.5. The number of benzene rings is 1. The molecule has 1 aliphatic rings. The molecule has 0 saturated carbocycles. The zero-order valence-corrected chi connectivity index (χ0v) is 10.3. The number of ether oxygens (including phenoxy) is 2. The van der Waals surface area contributed by atoms with Crippen molar-refractivity contribution in [2.24, 2.45) is 5.11 Å². The van der Waals surface area contributed by atoms with Crippen molar-refractivity contribution in [1.29, 1.82) is 0 Å². The number of rotatable bonds is 5. The van der Waals surface area contributed by atoms with Crippen LogP contribution in [0.25, 0.3) is 10.4 Å². The Morgan fingerprint density at radius 3 is 2.89 bits per heavy atom. The maximum absolute atomic E-state index is 9.94. The van der Waals surface area contributed by atoms with Crippen LogP contribution in [-0.2, 0) is 16.1 Å². The first kappa shape index (κ1) is 13.4. The topological polar surface area (TPSA) is 87.5 Å². The minimum absolute atomic E-state index is 0.234. The molecule has 0 saturated heterocycles. The largest absolute Gasteiger partial charge is 0.493 e. The van der Waals surface area contributed by atoms with Gasteiger partial charge in [-0.3, -0.25) is 0 Å². The molecular formula is C13H15N3O3. The highest BCUT2D eigenvalue weighted by molar-refractivity contribution is 5.13. The molecule has 0 radical (unpaired) electrons. The van der Waals surface area contributed by atoms with Crippen molar-refractivity contribution < 1.29 is 14.6 Å². The van der Waals surface area contributed by atoms with E-state index in [2.05, 4.69) is 10.0 Å². The molecule has 6 heteroatoms. The average molecular weight is 261 g/mol. The SMILES string of the molecule is [N-]=[N+]=N[C@H]1C=CO[C@H](COCc2ccccc2)[C@@H]1O. The summed E-state index contributed by atoms with van der Waals surface area (Å²) in [6, 6.07) is 9.12. The van der Waals surface area contributed by atoms with Crippen LogP contribution in [0, 0.1) is 0 Å². The van der Waals surface area contributed by atoms with Crippen molar-refractivity contribution in [3.63, 3.8) is 0 Å². The molecule has 100 valence electrons. The van der Waals surface area contributed by atoms with Gasteiger partial charge in [0.05, 0.1) is 25.5 Å². The molecule has 1 aromatic carbocycles. The summed E-state index contributed by atoms with van der Waals surface area (Å²) >= 11 is 0. The summed E-state index contributed by atoms with van der Waals surface area (Å²) in [6.07, 6.45) is 1.54. The van der Waals surface area contributed by atoms with Crippen LogP contribution in [0.15, 0.2) is 47.8 Å². The second-order valence-electron chi connectivity index (χ2n) is 4.19. The number of aliphatic hydroxyl groups excluding tert-OH is 1. The highest BCUT2D eigenvalue weighted by Crippen LogP contribution is 2.16. The van der Waals surface area contributed by atoms with E-state index >= 15 is 0 Å². The summed E-state index contributed by atoms with van der Waals surface area (Å²) in [4.78, 5) is 2.69. The van der Waals surface area contributed by atoms with E-state index in [1.54, 1.807) is 0 Å². The maximum atomic E-state index is 9.94. The predicted octanol–water partition coefficient (Wildman–Crippen LogP) is 2.16. The van der Waals surface area contributed by atoms with Gasteiger partial charge in [-0.2, -0.15) is 0 Å². The molecule has 0 aromatic heterocycles. The number of nitrogens with zero attached hydrogens (tertiary/aromatic N) is 3. The summed E-state index contributed by atoms with van der Waals surface area (Å²) in [6.45, 7) is 0.682. The van der Waals surface area contributed by atoms with Crippen LogP contribution < -0.4 is 0 Å². The van der Waals surface area contributed by atoms with Gasteiger partial charge < -0.3 is 14.6 Å². The summed E-state index contributed by atoms with van der Waals surface area (Å²) in [7, 11) is 0. The minimum Gasteiger partial charge on any atom is -0.493 e. The lowest BCUT2D eigenvalue weighted by Crippen LogP contribution is -2.41. The molecule has 3 atom stereocenters. The lowest BCUT2D eigenvalue weighted by molar-refractivity contribution is -0.0615. The highest BCUT2D eigenvalue weighted by Gasteiger charge is 2.29. The van der Waals surface area contributed by atoms with E-state index in [0.717, 1.165) is 5.56 Å². The summed E-state index contributed by atoms with van der Waals surface area (Å²) in [5.74, 6) is 0. The van der Waals surface area contributed by atoms with Gasteiger partial charge in [0.25, 0.3) is 0 Å². The Morgan fingerprint density at radius 1 is 1.37 bits per heavy atom. The van der Waals surface area contributed by atoms with E-state index in [-0.39, 0.29) is 6.61 Å². The van der Waals surface area contributed by atoms with Crippen molar-refractivity contribution in [3.05, 3.63) is 58.7 Å². The third kappa shape index (κ3) is 3.72. The van der Waals surface area contributed by atoms with Crippen LogP contribution in [-0.4, -0.2) is 30.0 Å². The van der Waals surface area contributed by atoms with Crippen LogP contribution in [0.5, 0.6) is 0 Å². The molecule has 6 nitrogen and oxygen atoms in total. The molecule has 19 heavy (non-hydrogen) atoms. The summed E-state index contributed by atoms with van der Waals surface area (Å²) in [5.41, 5.74) is 9.44. The van der Waals surface area contributed by atoms with E-state index in [1.165, 1.54) is 12.3 Å². The molecule has 0 fully saturated rings. The zero-order valence-electron chi connectivity index (χ0n) is 10.3. The number of aliphatic hydroxyl groups is 1. The van der Waals surface area contributed by atoms with Crippen LogP contribution in [0.4, 0.5) is 0 Å². The van der Waals surface area contributed by atoms with Crippen molar-refractivity contribution in [2.75, 3.05) is 6.61 Å². The fraction of sp³-hybridized carbons (Fsp3) is 0.385. The molecule has 1 heterocycles. The van der Waals surface area contributed by atoms with Gasteiger partial charge in [-0.15, -0.1) is 0 Å². The second-order valence-corrected chi connectivity index (χ2v) is 4.19. The Balaban J connectivity index is 1.83. The number of hydrogen-bond acceptors (Lipinski definition) is 4. The molecule has 0 spiro atoms. The first-order valence-electron chi connectivity index (χ1n) is 5.97. The lowest BCUT2D eigenvalue weighted by atomic mass is 10.1. The minimum atomic E-state index is -0.892. The van der Waals surface area contributed by atoms with Gasteiger partial charge in [0.2, 0.25) is 0 Å². The fourth-order valence-corrected chi connectivity index (χ4v) is 1.81. The Morgan fingerprint density at radius 2 is 2.16 bits per heavy atom. The first-order valence-corrected chi connectivity index (χ1v) is 5.97. The van der Waals surface area contributed by atoms with Gasteiger partial charge in [0.15, 0.2) is 0 Å². The van der Waals surface area contributed by atoms with E-state index in [1.807, 2.05) is 30.3 Å². The Labute approximate surface area is 110 Å². The van der Waals surface area contributed by atoms with E-state index in [4.69, 9.17) is 15.0 Å². The quantitative estimate of drug-likeness (QED) is 0.500. The normalized spacial score (nSPS) is 25.4. The van der Waals surface area contributed by atoms with E-state index < -0.39 is 18.2 Å². The smallest absolute Gasteiger partial charge is 0.147 e. The lowest BCUT2D eigenvalue weighted by Gasteiger charge is -2.28. The average Bonchev–Trinajstić information content (AvgIpc) is 2.44. The van der Waals surface area contributed by atoms with Crippen LogP contribution in [0.3, 0.4) is 0 Å². The van der Waals surface area contributed by atoms with E-state index in [9.17, 15) is 5.11 Å². The fourth-order valence-electron chi connectivity index (χ4n) is 1.81. The molecule has 1 aromatic rings. The Kier molecular flexibility index (Phi) is 4.80. The van der Waals surface area contributed by atoms with Crippen LogP contribution in [0.2, 0.25) is 0 Å². The van der Waals surface area contributed by atoms with E-state index in [0.29, 0.717) is 6.61 Å². The third-order valence-corrected chi connectivity index (χ3v) is 2.84. The van der Waals surface area contributed by atoms with Crippen molar-refractivity contribution >= 4 is 0 Å². The molecule has 0 bridgehead atoms. The van der Waals surface area contributed by atoms with Gasteiger partial charge >= 0.3 is 0 Å². The van der Waals surface area contributed by atoms with Crippen molar-refractivity contribution in [1.82, 2.24) is 0 Å². The standard InChI is InChI=1S/C13H15N3O3/c14-16-15-11-6-7-19-12(13(11)17)9-18-8-10-4-2-1-3-5-10/h1-7,11-13,17H,8-9H2/t11-,12+,13+/m0/s1. The van der Waals surface area contributed by atoms with Crippen LogP contribution >= 0.6 is 0 Å². The first-order chi connectivity index (χ1) is 9.31. The molecule has 1 aliphatic heterocycles. The molecule has 2 rings (SSSR count). The second kappa shape index (κ2) is 6.80. The Bertz CT molecular complexity index is 471. The molecule has 0 aliphatic carbocycles. The molecule has 1 N–H and O–H groups in total. The highest BCUT2D eigenvalue weighted by atomic mass is 16.5. The number of hydrogen-bond donors (Lipinski definition) is 1. The summed E-state index contributed by atoms with van der Waals surface area (Å²) in [5, 5.41) is 13.4. The van der Waals surface area contributed by atoms with Crippen molar-refractivity contribution in [2.45, 2.75) is 24.9 Å². The molecular weight excluding hydrogens is 246 g/mol. The van der Waals surface area contributed by atoms with Gasteiger partial charge in [-0.25, -0.2) is 0 Å². The molecule has 0 amide bonds. The van der Waals surface area contributed by atoms with Gasteiger partial charge in [0.1, 0.15) is 12.2 Å². The van der Waals surface area contributed by atoms with Gasteiger partial charge in [-0.05, 0) is 17.2 Å². The monoisotopic (exact) mass is 261 g/mol. The Hall–Kier alpha value is -2.01. The molecule has 0 unspecified atom stereocenters.